The van der Waals surface area contributed by atoms with Gasteiger partial charge in [0.25, 0.3) is 5.91 Å². The monoisotopic (exact) mass is 275 g/mol. The predicted molar refractivity (Wildman–Crippen MR) is 53.7 cm³/mol. The van der Waals surface area contributed by atoms with E-state index in [0.29, 0.717) is 0 Å². The molecule has 1 aromatic carbocycles. The van der Waals surface area contributed by atoms with Gasteiger partial charge >= 0.3 is 0 Å². The molecule has 9 heteroatoms. The van der Waals surface area contributed by atoms with E-state index in [1.54, 1.807) is 0 Å². The summed E-state index contributed by atoms with van der Waals surface area (Å²) in [5.74, 6) is -10.9. The minimum atomic E-state index is -2.03. The maximum absolute atomic E-state index is 13.4. The van der Waals surface area contributed by atoms with Gasteiger partial charge in [-0.2, -0.15) is 5.26 Å². The maximum Gasteiger partial charge on any atom is 0.254 e. The van der Waals surface area contributed by atoms with E-state index in [0.717, 1.165) is 0 Å². The van der Waals surface area contributed by atoms with Crippen molar-refractivity contribution in [2.45, 2.75) is 6.42 Å². The first-order valence-electron chi connectivity index (χ1n) is 4.63. The molecule has 19 heavy (non-hydrogen) atoms. The standard InChI is InChI=1S/C10H5F4N3O2/c11-5-4(10(16)19)6(12)8(14)9(7(5)13)17-3(18)1-2-15/h1H2,(H2,16,19)(H,17,18). The van der Waals surface area contributed by atoms with Gasteiger partial charge in [0, 0.05) is 0 Å². The Labute approximate surface area is 103 Å². The van der Waals surface area contributed by atoms with E-state index >= 15 is 0 Å². The molecular weight excluding hydrogens is 270 g/mol. The summed E-state index contributed by atoms with van der Waals surface area (Å²) >= 11 is 0. The summed E-state index contributed by atoms with van der Waals surface area (Å²) < 4.78 is 53.3. The third-order valence-corrected chi connectivity index (χ3v) is 2.01. The van der Waals surface area contributed by atoms with Crippen molar-refractivity contribution in [2.24, 2.45) is 5.73 Å². The fourth-order valence-electron chi connectivity index (χ4n) is 1.21. The summed E-state index contributed by atoms with van der Waals surface area (Å²) in [4.78, 5) is 21.6. The number of carbonyl (C=O) groups excluding carboxylic acids is 2. The highest BCUT2D eigenvalue weighted by atomic mass is 19.2. The van der Waals surface area contributed by atoms with Crippen LogP contribution in [0.1, 0.15) is 16.8 Å². The highest BCUT2D eigenvalue weighted by Gasteiger charge is 2.28. The maximum atomic E-state index is 13.4. The minimum Gasteiger partial charge on any atom is -0.365 e. The van der Waals surface area contributed by atoms with Gasteiger partial charge < -0.3 is 11.1 Å². The Morgan fingerprint density at radius 3 is 1.95 bits per heavy atom. The number of hydrogen-bond acceptors (Lipinski definition) is 3. The molecule has 1 aromatic rings. The smallest absolute Gasteiger partial charge is 0.254 e. The molecule has 0 aromatic heterocycles. The lowest BCUT2D eigenvalue weighted by atomic mass is 10.1. The Bertz CT molecular complexity index is 581. The van der Waals surface area contributed by atoms with Crippen molar-refractivity contribution in [3.63, 3.8) is 0 Å². The molecule has 5 nitrogen and oxygen atoms in total. The number of amides is 2. The van der Waals surface area contributed by atoms with Gasteiger partial charge in [0.2, 0.25) is 5.91 Å². The zero-order valence-corrected chi connectivity index (χ0v) is 9.06. The van der Waals surface area contributed by atoms with Gasteiger partial charge in [-0.1, -0.05) is 0 Å². The molecule has 0 spiro atoms. The summed E-state index contributed by atoms with van der Waals surface area (Å²) in [6.07, 6.45) is -0.778. The van der Waals surface area contributed by atoms with E-state index in [-0.39, 0.29) is 0 Å². The Morgan fingerprint density at radius 1 is 1.11 bits per heavy atom. The molecular formula is C10H5F4N3O2. The molecule has 0 aliphatic rings. The molecule has 0 saturated heterocycles. The second-order valence-corrected chi connectivity index (χ2v) is 3.25. The molecule has 2 amide bonds. The lowest BCUT2D eigenvalue weighted by molar-refractivity contribution is -0.115. The number of nitrogens with two attached hydrogens (primary N) is 1. The van der Waals surface area contributed by atoms with Gasteiger partial charge in [0.15, 0.2) is 23.3 Å². The Morgan fingerprint density at radius 2 is 1.58 bits per heavy atom. The van der Waals surface area contributed by atoms with Crippen LogP contribution in [-0.4, -0.2) is 11.8 Å². The molecule has 0 radical (unpaired) electrons. The molecule has 0 saturated carbocycles. The van der Waals surface area contributed by atoms with E-state index in [1.165, 1.54) is 11.4 Å². The number of benzene rings is 1. The van der Waals surface area contributed by atoms with E-state index in [2.05, 4.69) is 5.73 Å². The molecule has 0 aliphatic heterocycles. The van der Waals surface area contributed by atoms with Crippen molar-refractivity contribution in [3.8, 4) is 6.07 Å². The summed E-state index contributed by atoms with van der Waals surface area (Å²) in [6.45, 7) is 0. The topological polar surface area (TPSA) is 96.0 Å². The predicted octanol–water partition coefficient (Wildman–Crippen LogP) is 1.19. The highest BCUT2D eigenvalue weighted by molar-refractivity contribution is 5.96. The van der Waals surface area contributed by atoms with Crippen molar-refractivity contribution in [3.05, 3.63) is 28.8 Å². The van der Waals surface area contributed by atoms with Crippen molar-refractivity contribution >= 4 is 17.5 Å². The molecule has 100 valence electrons. The van der Waals surface area contributed by atoms with E-state index < -0.39 is 52.8 Å². The third-order valence-electron chi connectivity index (χ3n) is 2.01. The summed E-state index contributed by atoms with van der Waals surface area (Å²) in [6, 6.07) is 1.37. The van der Waals surface area contributed by atoms with Gasteiger partial charge in [0.05, 0.1) is 6.07 Å². The number of nitrogens with zero attached hydrogens (tertiary/aromatic N) is 1. The number of rotatable bonds is 3. The van der Waals surface area contributed by atoms with E-state index in [4.69, 9.17) is 5.26 Å². The van der Waals surface area contributed by atoms with Crippen molar-refractivity contribution in [1.29, 1.82) is 5.26 Å². The zero-order chi connectivity index (χ0) is 14.7. The van der Waals surface area contributed by atoms with Crippen LogP contribution in [0.15, 0.2) is 0 Å². The molecule has 0 aliphatic carbocycles. The quantitative estimate of drug-likeness (QED) is 0.640. The summed E-state index contributed by atoms with van der Waals surface area (Å²) in [7, 11) is 0. The first-order chi connectivity index (χ1) is 8.81. The number of carbonyl (C=O) groups is 2. The molecule has 3 N–H and O–H groups in total. The molecule has 0 bridgehead atoms. The summed E-state index contributed by atoms with van der Waals surface area (Å²) in [5.41, 5.74) is 1.55. The Kier molecular flexibility index (Phi) is 4.06. The highest BCUT2D eigenvalue weighted by Crippen LogP contribution is 2.27. The van der Waals surface area contributed by atoms with Crippen LogP contribution in [0.25, 0.3) is 0 Å². The number of nitrogens with one attached hydrogen (secondary N) is 1. The van der Waals surface area contributed by atoms with Crippen LogP contribution in [0, 0.1) is 34.6 Å². The van der Waals surface area contributed by atoms with Crippen molar-refractivity contribution in [1.82, 2.24) is 0 Å². The first-order valence-corrected chi connectivity index (χ1v) is 4.63. The fourth-order valence-corrected chi connectivity index (χ4v) is 1.21. The first kappa shape index (κ1) is 14.4. The second kappa shape index (κ2) is 5.34. The molecule has 0 atom stereocenters. The number of hydrogen-bond donors (Lipinski definition) is 2. The summed E-state index contributed by atoms with van der Waals surface area (Å²) in [5, 5.41) is 9.66. The van der Waals surface area contributed by atoms with Crippen LogP contribution in [0.3, 0.4) is 0 Å². The van der Waals surface area contributed by atoms with Gasteiger partial charge in [-0.05, 0) is 0 Å². The Balaban J connectivity index is 3.41. The average Bonchev–Trinajstić information content (AvgIpc) is 2.32. The Hall–Kier alpha value is -2.63. The SMILES string of the molecule is N#CCC(=O)Nc1c(F)c(F)c(C(N)=O)c(F)c1F. The lowest BCUT2D eigenvalue weighted by Crippen LogP contribution is -2.21. The molecule has 0 unspecified atom stereocenters. The van der Waals surface area contributed by atoms with E-state index in [9.17, 15) is 27.2 Å². The van der Waals surface area contributed by atoms with Crippen LogP contribution in [0.4, 0.5) is 23.2 Å². The molecule has 0 fully saturated rings. The lowest BCUT2D eigenvalue weighted by Gasteiger charge is -2.10. The van der Waals surface area contributed by atoms with Crippen molar-refractivity contribution < 1.29 is 27.2 Å². The van der Waals surface area contributed by atoms with Gasteiger partial charge in [0.1, 0.15) is 17.7 Å². The number of halogens is 4. The van der Waals surface area contributed by atoms with Crippen LogP contribution >= 0.6 is 0 Å². The fraction of sp³-hybridized carbons (Fsp3) is 0.100. The van der Waals surface area contributed by atoms with E-state index in [1.807, 2.05) is 0 Å². The van der Waals surface area contributed by atoms with Crippen LogP contribution in [0.5, 0.6) is 0 Å². The van der Waals surface area contributed by atoms with Crippen LogP contribution in [-0.2, 0) is 4.79 Å². The number of primary amides is 1. The van der Waals surface area contributed by atoms with Crippen molar-refractivity contribution in [2.75, 3.05) is 5.32 Å². The van der Waals surface area contributed by atoms with Crippen LogP contribution in [0.2, 0.25) is 0 Å². The molecule has 1 rings (SSSR count). The largest absolute Gasteiger partial charge is 0.365 e. The minimum absolute atomic E-state index is 0.778. The number of anilines is 1. The average molecular weight is 275 g/mol. The van der Waals surface area contributed by atoms with Gasteiger partial charge in [-0.25, -0.2) is 17.6 Å². The number of nitriles is 1. The third kappa shape index (κ3) is 2.62. The zero-order valence-electron chi connectivity index (χ0n) is 9.06. The van der Waals surface area contributed by atoms with Gasteiger partial charge in [-0.15, -0.1) is 0 Å². The normalized spacial score (nSPS) is 9.84. The molecule has 0 heterocycles. The van der Waals surface area contributed by atoms with Crippen LogP contribution < -0.4 is 11.1 Å². The van der Waals surface area contributed by atoms with Gasteiger partial charge in [-0.3, -0.25) is 9.59 Å². The second-order valence-electron chi connectivity index (χ2n) is 3.25.